The highest BCUT2D eigenvalue weighted by atomic mass is 79.9. The third kappa shape index (κ3) is 6.08. The van der Waals surface area contributed by atoms with Crippen LogP contribution in [0.1, 0.15) is 31.1 Å². The number of esters is 1. The second-order valence-electron chi connectivity index (χ2n) is 6.30. The van der Waals surface area contributed by atoms with Gasteiger partial charge < -0.3 is 9.47 Å². The lowest BCUT2D eigenvalue weighted by atomic mass is 10.0. The molecule has 134 valence electrons. The maximum Gasteiger partial charge on any atom is 0.573 e. The number of rotatable bonds is 3. The summed E-state index contributed by atoms with van der Waals surface area (Å²) in [5, 5.41) is 0. The van der Waals surface area contributed by atoms with E-state index in [-0.39, 0.29) is 5.75 Å². The Morgan fingerprint density at radius 1 is 0.960 bits per heavy atom. The van der Waals surface area contributed by atoms with Gasteiger partial charge in [-0.15, -0.1) is 13.2 Å². The van der Waals surface area contributed by atoms with Gasteiger partial charge in [0.15, 0.2) is 0 Å². The van der Waals surface area contributed by atoms with E-state index in [0.29, 0.717) is 21.2 Å². The number of hydrogen-bond acceptors (Lipinski definition) is 3. The van der Waals surface area contributed by atoms with Crippen molar-refractivity contribution in [2.45, 2.75) is 32.7 Å². The van der Waals surface area contributed by atoms with Gasteiger partial charge in [-0.05, 0) is 62.2 Å². The van der Waals surface area contributed by atoms with Crippen LogP contribution in [0.4, 0.5) is 13.2 Å². The van der Waals surface area contributed by atoms with E-state index in [1.165, 1.54) is 24.3 Å². The van der Waals surface area contributed by atoms with E-state index < -0.39 is 17.9 Å². The molecule has 0 aliphatic carbocycles. The Bertz CT molecular complexity index is 763. The zero-order valence-corrected chi connectivity index (χ0v) is 15.4. The van der Waals surface area contributed by atoms with E-state index >= 15 is 0 Å². The molecule has 0 aliphatic heterocycles. The van der Waals surface area contributed by atoms with Crippen LogP contribution >= 0.6 is 15.9 Å². The van der Waals surface area contributed by atoms with Crippen molar-refractivity contribution in [3.63, 3.8) is 0 Å². The molecule has 25 heavy (non-hydrogen) atoms. The van der Waals surface area contributed by atoms with Crippen LogP contribution in [0.5, 0.6) is 5.75 Å². The molecule has 2 aromatic rings. The summed E-state index contributed by atoms with van der Waals surface area (Å²) in [7, 11) is 0. The third-order valence-corrected chi connectivity index (χ3v) is 3.41. The Kier molecular flexibility index (Phi) is 5.46. The van der Waals surface area contributed by atoms with E-state index in [1.807, 2.05) is 0 Å². The van der Waals surface area contributed by atoms with Crippen LogP contribution in [0.3, 0.4) is 0 Å². The van der Waals surface area contributed by atoms with E-state index in [4.69, 9.17) is 4.74 Å². The zero-order valence-electron chi connectivity index (χ0n) is 13.8. The van der Waals surface area contributed by atoms with Crippen LogP contribution in [-0.4, -0.2) is 17.9 Å². The van der Waals surface area contributed by atoms with Gasteiger partial charge in [-0.2, -0.15) is 0 Å². The predicted molar refractivity (Wildman–Crippen MR) is 91.4 cm³/mol. The fourth-order valence-corrected chi connectivity index (χ4v) is 2.55. The Morgan fingerprint density at radius 2 is 1.56 bits per heavy atom. The second kappa shape index (κ2) is 7.07. The molecule has 0 heterocycles. The maximum atomic E-state index is 12.2. The topological polar surface area (TPSA) is 35.5 Å². The lowest BCUT2D eigenvalue weighted by Gasteiger charge is -2.19. The van der Waals surface area contributed by atoms with Crippen molar-refractivity contribution in [3.8, 4) is 16.9 Å². The molecule has 0 radical (unpaired) electrons. The molecule has 0 saturated carbocycles. The van der Waals surface area contributed by atoms with Gasteiger partial charge in [0.25, 0.3) is 0 Å². The first kappa shape index (κ1) is 19.3. The van der Waals surface area contributed by atoms with Crippen LogP contribution in [-0.2, 0) is 4.74 Å². The van der Waals surface area contributed by atoms with Crippen molar-refractivity contribution >= 4 is 21.9 Å². The summed E-state index contributed by atoms with van der Waals surface area (Å²) in [6, 6.07) is 10.4. The largest absolute Gasteiger partial charge is 0.573 e. The van der Waals surface area contributed by atoms with Gasteiger partial charge in [0, 0.05) is 4.47 Å². The summed E-state index contributed by atoms with van der Waals surface area (Å²) < 4.78 is 46.5. The molecule has 0 aromatic heterocycles. The number of carbonyl (C=O) groups excluding carboxylic acids is 1. The molecule has 0 spiro atoms. The molecule has 0 amide bonds. The third-order valence-electron chi connectivity index (χ3n) is 2.95. The lowest BCUT2D eigenvalue weighted by molar-refractivity contribution is -0.274. The molecule has 0 unspecified atom stereocenters. The quantitative estimate of drug-likeness (QED) is 0.578. The molecule has 2 aromatic carbocycles. The van der Waals surface area contributed by atoms with Gasteiger partial charge in [-0.3, -0.25) is 0 Å². The Morgan fingerprint density at radius 3 is 2.08 bits per heavy atom. The number of alkyl halides is 3. The average Bonchev–Trinajstić information content (AvgIpc) is 2.44. The summed E-state index contributed by atoms with van der Waals surface area (Å²) in [5.74, 6) is -0.786. The summed E-state index contributed by atoms with van der Waals surface area (Å²) in [5.41, 5.74) is 1.01. The minimum absolute atomic E-state index is 0.307. The maximum absolute atomic E-state index is 12.2. The standard InChI is InChI=1S/C18H16BrF3O3/c1-17(2,3)25-16(23)13-8-12(9-14(19)10-13)11-4-6-15(7-5-11)24-18(20,21)22/h4-10H,1-3H3. The first-order valence-corrected chi connectivity index (χ1v) is 8.12. The molecular weight excluding hydrogens is 401 g/mol. The van der Waals surface area contributed by atoms with Crippen molar-refractivity contribution in [2.75, 3.05) is 0 Å². The Hall–Kier alpha value is -2.02. The van der Waals surface area contributed by atoms with Crippen molar-refractivity contribution in [1.29, 1.82) is 0 Å². The summed E-state index contributed by atoms with van der Waals surface area (Å²) >= 11 is 3.33. The van der Waals surface area contributed by atoms with Gasteiger partial charge >= 0.3 is 12.3 Å². The highest BCUT2D eigenvalue weighted by Gasteiger charge is 2.31. The molecule has 0 fully saturated rings. The number of benzene rings is 2. The fourth-order valence-electron chi connectivity index (χ4n) is 2.06. The number of ether oxygens (including phenoxy) is 2. The molecule has 3 nitrogen and oxygen atoms in total. The summed E-state index contributed by atoms with van der Waals surface area (Å²) in [6.07, 6.45) is -4.73. The van der Waals surface area contributed by atoms with Crippen molar-refractivity contribution < 1.29 is 27.4 Å². The number of halogens is 4. The van der Waals surface area contributed by atoms with Gasteiger partial charge in [0.05, 0.1) is 5.56 Å². The van der Waals surface area contributed by atoms with Gasteiger partial charge in [0.1, 0.15) is 11.4 Å². The summed E-state index contributed by atoms with van der Waals surface area (Å²) in [4.78, 5) is 12.2. The fraction of sp³-hybridized carbons (Fsp3) is 0.278. The first-order chi connectivity index (χ1) is 11.4. The van der Waals surface area contributed by atoms with Gasteiger partial charge in [-0.25, -0.2) is 4.79 Å². The van der Waals surface area contributed by atoms with E-state index in [2.05, 4.69) is 20.7 Å². The Labute approximate surface area is 151 Å². The minimum Gasteiger partial charge on any atom is -0.456 e. The molecule has 0 aliphatic rings. The average molecular weight is 417 g/mol. The SMILES string of the molecule is CC(C)(C)OC(=O)c1cc(Br)cc(-c2ccc(OC(F)(F)F)cc2)c1. The molecule has 0 atom stereocenters. The highest BCUT2D eigenvalue weighted by Crippen LogP contribution is 2.29. The molecule has 0 saturated heterocycles. The van der Waals surface area contributed by atoms with Crippen molar-refractivity contribution in [2.24, 2.45) is 0 Å². The lowest BCUT2D eigenvalue weighted by Crippen LogP contribution is -2.23. The highest BCUT2D eigenvalue weighted by molar-refractivity contribution is 9.10. The van der Waals surface area contributed by atoms with Crippen LogP contribution in [0.25, 0.3) is 11.1 Å². The van der Waals surface area contributed by atoms with Crippen LogP contribution in [0, 0.1) is 0 Å². The second-order valence-corrected chi connectivity index (χ2v) is 7.22. The van der Waals surface area contributed by atoms with E-state index in [0.717, 1.165) is 0 Å². The predicted octanol–water partition coefficient (Wildman–Crippen LogP) is 5.97. The van der Waals surface area contributed by atoms with Crippen molar-refractivity contribution in [1.82, 2.24) is 0 Å². The molecule has 0 N–H and O–H groups in total. The Balaban J connectivity index is 2.29. The molecule has 7 heteroatoms. The number of carbonyl (C=O) groups is 1. The molecule has 2 rings (SSSR count). The normalized spacial score (nSPS) is 12.0. The van der Waals surface area contributed by atoms with Gasteiger partial charge in [0.2, 0.25) is 0 Å². The first-order valence-electron chi connectivity index (χ1n) is 7.33. The molecule has 0 bridgehead atoms. The summed E-state index contributed by atoms with van der Waals surface area (Å²) in [6.45, 7) is 5.30. The van der Waals surface area contributed by atoms with E-state index in [9.17, 15) is 18.0 Å². The van der Waals surface area contributed by atoms with E-state index in [1.54, 1.807) is 39.0 Å². The number of hydrogen-bond donors (Lipinski definition) is 0. The zero-order chi connectivity index (χ0) is 18.8. The minimum atomic E-state index is -4.73. The van der Waals surface area contributed by atoms with Crippen LogP contribution in [0.2, 0.25) is 0 Å². The smallest absolute Gasteiger partial charge is 0.456 e. The van der Waals surface area contributed by atoms with Crippen molar-refractivity contribution in [3.05, 3.63) is 52.5 Å². The van der Waals surface area contributed by atoms with Gasteiger partial charge in [-0.1, -0.05) is 28.1 Å². The molecular formula is C18H16BrF3O3. The van der Waals surface area contributed by atoms with Crippen LogP contribution in [0.15, 0.2) is 46.9 Å². The van der Waals surface area contributed by atoms with Crippen LogP contribution < -0.4 is 4.74 Å². The monoisotopic (exact) mass is 416 g/mol.